The quantitative estimate of drug-likeness (QED) is 0.682. The van der Waals surface area contributed by atoms with Crippen LogP contribution in [-0.4, -0.2) is 4.98 Å². The predicted octanol–water partition coefficient (Wildman–Crippen LogP) is 4.09. The van der Waals surface area contributed by atoms with E-state index in [1.807, 2.05) is 45.3 Å². The van der Waals surface area contributed by atoms with Crippen LogP contribution in [-0.2, 0) is 0 Å². The van der Waals surface area contributed by atoms with E-state index < -0.39 is 0 Å². The first kappa shape index (κ1) is 12.6. The molecule has 0 fully saturated rings. The van der Waals surface area contributed by atoms with Gasteiger partial charge in [-0.05, 0) is 30.5 Å². The molecule has 0 saturated heterocycles. The van der Waals surface area contributed by atoms with Crippen molar-refractivity contribution in [1.29, 1.82) is 0 Å². The van der Waals surface area contributed by atoms with Crippen LogP contribution in [0.3, 0.4) is 0 Å². The summed E-state index contributed by atoms with van der Waals surface area (Å²) < 4.78 is 0. The molecule has 76 valence electrons. The monoisotopic (exact) mass is 189 g/mol. The number of nitrogens with zero attached hydrogens (tertiary/aromatic N) is 1. The molecule has 0 N–H and O–H groups in total. The Morgan fingerprint density at radius 2 is 1.93 bits per heavy atom. The van der Waals surface area contributed by atoms with Crippen LogP contribution in [0.1, 0.15) is 37.5 Å². The molecule has 0 bridgehead atoms. The minimum Gasteiger partial charge on any atom is -0.264 e. The lowest BCUT2D eigenvalue weighted by Gasteiger charge is -2.02. The summed E-state index contributed by atoms with van der Waals surface area (Å²) in [5.74, 6) is 0. The zero-order valence-electron chi connectivity index (χ0n) is 9.54. The van der Waals surface area contributed by atoms with Crippen LogP contribution < -0.4 is 0 Å². The SMILES string of the molecule is C=Cc1cncc(C)c1/C=C\C.CC. The Hall–Kier alpha value is -1.37. The van der Waals surface area contributed by atoms with Crippen LogP contribution in [0.2, 0.25) is 0 Å². The Morgan fingerprint density at radius 1 is 1.29 bits per heavy atom. The van der Waals surface area contributed by atoms with Gasteiger partial charge in [0.2, 0.25) is 0 Å². The third-order valence-corrected chi connectivity index (χ3v) is 1.77. The molecule has 0 amide bonds. The standard InChI is InChI=1S/C11H13N.C2H6/c1-4-6-11-9(3)7-12-8-10(11)5-2;1-2/h4-8H,2H2,1,3H3;1-2H3/b6-4-;. The van der Waals surface area contributed by atoms with Crippen molar-refractivity contribution in [1.82, 2.24) is 4.98 Å². The van der Waals surface area contributed by atoms with Gasteiger partial charge in [0.1, 0.15) is 0 Å². The second-order valence-corrected chi connectivity index (χ2v) is 2.66. The van der Waals surface area contributed by atoms with E-state index in [2.05, 4.69) is 24.6 Å². The molecule has 0 spiro atoms. The van der Waals surface area contributed by atoms with E-state index >= 15 is 0 Å². The highest BCUT2D eigenvalue weighted by molar-refractivity contribution is 5.65. The maximum absolute atomic E-state index is 4.09. The maximum Gasteiger partial charge on any atom is 0.0346 e. The van der Waals surface area contributed by atoms with E-state index in [0.29, 0.717) is 0 Å². The van der Waals surface area contributed by atoms with Crippen molar-refractivity contribution in [2.24, 2.45) is 0 Å². The second kappa shape index (κ2) is 7.07. The first-order valence-corrected chi connectivity index (χ1v) is 4.99. The van der Waals surface area contributed by atoms with E-state index in [4.69, 9.17) is 0 Å². The predicted molar refractivity (Wildman–Crippen MR) is 65.1 cm³/mol. The molecule has 1 aromatic heterocycles. The lowest BCUT2D eigenvalue weighted by atomic mass is 10.1. The summed E-state index contributed by atoms with van der Waals surface area (Å²) in [7, 11) is 0. The first-order chi connectivity index (χ1) is 6.79. The molecule has 0 aromatic carbocycles. The Morgan fingerprint density at radius 3 is 2.43 bits per heavy atom. The summed E-state index contributed by atoms with van der Waals surface area (Å²) in [5, 5.41) is 0. The number of aromatic nitrogens is 1. The molecule has 0 radical (unpaired) electrons. The smallest absolute Gasteiger partial charge is 0.0346 e. The van der Waals surface area contributed by atoms with Crippen LogP contribution >= 0.6 is 0 Å². The normalized spacial score (nSPS) is 9.43. The second-order valence-electron chi connectivity index (χ2n) is 2.66. The lowest BCUT2D eigenvalue weighted by Crippen LogP contribution is -1.87. The van der Waals surface area contributed by atoms with E-state index in [9.17, 15) is 0 Å². The maximum atomic E-state index is 4.09. The molecule has 0 aliphatic carbocycles. The van der Waals surface area contributed by atoms with Gasteiger partial charge in [0.25, 0.3) is 0 Å². The fourth-order valence-corrected chi connectivity index (χ4v) is 1.15. The van der Waals surface area contributed by atoms with Gasteiger partial charge < -0.3 is 0 Å². The lowest BCUT2D eigenvalue weighted by molar-refractivity contribution is 1.25. The van der Waals surface area contributed by atoms with Gasteiger partial charge in [0.15, 0.2) is 0 Å². The van der Waals surface area contributed by atoms with Crippen molar-refractivity contribution in [3.63, 3.8) is 0 Å². The van der Waals surface area contributed by atoms with Gasteiger partial charge >= 0.3 is 0 Å². The fraction of sp³-hybridized carbons (Fsp3) is 0.308. The zero-order valence-corrected chi connectivity index (χ0v) is 9.54. The average Bonchev–Trinajstić information content (AvgIpc) is 2.24. The Bertz CT molecular complexity index is 311. The van der Waals surface area contributed by atoms with Crippen LogP contribution in [0.5, 0.6) is 0 Å². The summed E-state index contributed by atoms with van der Waals surface area (Å²) in [6.45, 7) is 11.8. The van der Waals surface area contributed by atoms with Gasteiger partial charge in [0.05, 0.1) is 0 Å². The highest BCUT2D eigenvalue weighted by Crippen LogP contribution is 2.15. The Labute approximate surface area is 87.2 Å². The molecular formula is C13H19N. The number of pyridine rings is 1. The number of allylic oxidation sites excluding steroid dienone is 1. The van der Waals surface area contributed by atoms with Gasteiger partial charge in [-0.1, -0.05) is 38.7 Å². The van der Waals surface area contributed by atoms with Crippen LogP contribution in [0.15, 0.2) is 25.0 Å². The van der Waals surface area contributed by atoms with Gasteiger partial charge in [-0.2, -0.15) is 0 Å². The highest BCUT2D eigenvalue weighted by Gasteiger charge is 1.98. The number of rotatable bonds is 2. The molecule has 0 aliphatic heterocycles. The Balaban J connectivity index is 0.000000791. The minimum atomic E-state index is 1.09. The van der Waals surface area contributed by atoms with Crippen molar-refractivity contribution in [3.8, 4) is 0 Å². The molecule has 0 unspecified atom stereocenters. The first-order valence-electron chi connectivity index (χ1n) is 4.99. The summed E-state index contributed by atoms with van der Waals surface area (Å²) in [6.07, 6.45) is 9.62. The van der Waals surface area contributed by atoms with Gasteiger partial charge in [-0.25, -0.2) is 0 Å². The number of hydrogen-bond acceptors (Lipinski definition) is 1. The van der Waals surface area contributed by atoms with Gasteiger partial charge in [0, 0.05) is 12.4 Å². The van der Waals surface area contributed by atoms with Crippen LogP contribution in [0, 0.1) is 6.92 Å². The van der Waals surface area contributed by atoms with Crippen molar-refractivity contribution in [2.45, 2.75) is 27.7 Å². The molecule has 14 heavy (non-hydrogen) atoms. The summed E-state index contributed by atoms with van der Waals surface area (Å²) in [5.41, 5.74) is 3.49. The van der Waals surface area contributed by atoms with Crippen molar-refractivity contribution in [2.75, 3.05) is 0 Å². The third kappa shape index (κ3) is 3.17. The van der Waals surface area contributed by atoms with E-state index in [1.165, 1.54) is 11.1 Å². The number of aryl methyl sites for hydroxylation is 1. The van der Waals surface area contributed by atoms with Crippen molar-refractivity contribution < 1.29 is 0 Å². The molecule has 1 heterocycles. The van der Waals surface area contributed by atoms with E-state index in [-0.39, 0.29) is 0 Å². The molecule has 1 heteroatoms. The summed E-state index contributed by atoms with van der Waals surface area (Å²) >= 11 is 0. The Kier molecular flexibility index (Phi) is 6.38. The van der Waals surface area contributed by atoms with Crippen molar-refractivity contribution in [3.05, 3.63) is 41.7 Å². The van der Waals surface area contributed by atoms with Crippen molar-refractivity contribution >= 4 is 12.2 Å². The molecule has 0 atom stereocenters. The van der Waals surface area contributed by atoms with Crippen LogP contribution in [0.4, 0.5) is 0 Å². The average molecular weight is 189 g/mol. The third-order valence-electron chi connectivity index (χ3n) is 1.77. The molecular weight excluding hydrogens is 170 g/mol. The molecule has 0 saturated carbocycles. The molecule has 1 nitrogen and oxygen atoms in total. The summed E-state index contributed by atoms with van der Waals surface area (Å²) in [4.78, 5) is 4.09. The minimum absolute atomic E-state index is 1.09. The fourth-order valence-electron chi connectivity index (χ4n) is 1.15. The van der Waals surface area contributed by atoms with Gasteiger partial charge in [-0.15, -0.1) is 0 Å². The zero-order chi connectivity index (χ0) is 11.0. The topological polar surface area (TPSA) is 12.9 Å². The van der Waals surface area contributed by atoms with E-state index in [0.717, 1.165) is 5.56 Å². The van der Waals surface area contributed by atoms with E-state index in [1.54, 1.807) is 0 Å². The van der Waals surface area contributed by atoms with Crippen LogP contribution in [0.25, 0.3) is 12.2 Å². The molecule has 1 rings (SSSR count). The highest BCUT2D eigenvalue weighted by atomic mass is 14.6. The molecule has 1 aromatic rings. The van der Waals surface area contributed by atoms with Gasteiger partial charge in [-0.3, -0.25) is 4.98 Å². The number of hydrogen-bond donors (Lipinski definition) is 0. The summed E-state index contributed by atoms with van der Waals surface area (Å²) in [6, 6.07) is 0. The molecule has 0 aliphatic rings. The largest absolute Gasteiger partial charge is 0.264 e.